The topological polar surface area (TPSA) is 28.2 Å². The van der Waals surface area contributed by atoms with Gasteiger partial charge >= 0.3 is 0 Å². The molecule has 18 heavy (non-hydrogen) atoms. The summed E-state index contributed by atoms with van der Waals surface area (Å²) in [4.78, 5) is 6.80. The van der Waals surface area contributed by atoms with E-state index in [2.05, 4.69) is 48.2 Å². The van der Waals surface area contributed by atoms with Crippen LogP contribution in [0.3, 0.4) is 0 Å². The molecule has 0 bridgehead atoms. The van der Waals surface area contributed by atoms with Gasteiger partial charge in [0, 0.05) is 37.1 Å². The second kappa shape index (κ2) is 5.81. The molecule has 2 rings (SSSR count). The van der Waals surface area contributed by atoms with E-state index in [1.165, 1.54) is 18.5 Å². The molecule has 0 spiro atoms. The molecule has 1 aliphatic heterocycles. The second-order valence-electron chi connectivity index (χ2n) is 5.80. The Kier molecular flexibility index (Phi) is 4.36. The Balaban J connectivity index is 1.88. The minimum Gasteiger partial charge on any atom is -0.309 e. The molecule has 3 nitrogen and oxygen atoms in total. The van der Waals surface area contributed by atoms with E-state index >= 15 is 0 Å². The van der Waals surface area contributed by atoms with Gasteiger partial charge in [-0.15, -0.1) is 0 Å². The van der Waals surface area contributed by atoms with Crippen LogP contribution in [0.1, 0.15) is 31.5 Å². The lowest BCUT2D eigenvalue weighted by Gasteiger charge is -2.40. The number of nitrogens with zero attached hydrogens (tertiary/aromatic N) is 2. The summed E-state index contributed by atoms with van der Waals surface area (Å²) in [6.45, 7) is 8.79. The van der Waals surface area contributed by atoms with Crippen molar-refractivity contribution in [2.75, 3.05) is 13.6 Å². The maximum absolute atomic E-state index is 4.34. The SMILES string of the molecule is Cc1ccc(CNC2CC(C)N(C)CC2C)cn1. The Hall–Kier alpha value is -0.930. The standard InChI is InChI=1S/C15H25N3/c1-11-10-18(4)13(3)7-15(11)17-9-14-6-5-12(2)16-8-14/h5-6,8,11,13,15,17H,7,9-10H2,1-4H3. The Bertz CT molecular complexity index is 374. The van der Waals surface area contributed by atoms with Gasteiger partial charge in [-0.05, 0) is 44.9 Å². The minimum atomic E-state index is 0.623. The number of piperidine rings is 1. The van der Waals surface area contributed by atoms with Crippen LogP contribution >= 0.6 is 0 Å². The number of aromatic nitrogens is 1. The van der Waals surface area contributed by atoms with E-state index in [4.69, 9.17) is 0 Å². The maximum Gasteiger partial charge on any atom is 0.0372 e. The summed E-state index contributed by atoms with van der Waals surface area (Å²) in [5, 5.41) is 3.69. The predicted octanol–water partition coefficient (Wildman–Crippen LogP) is 2.21. The first-order chi connectivity index (χ1) is 8.56. The number of pyridine rings is 1. The zero-order chi connectivity index (χ0) is 13.1. The van der Waals surface area contributed by atoms with Gasteiger partial charge in [0.1, 0.15) is 0 Å². The molecule has 100 valence electrons. The van der Waals surface area contributed by atoms with Crippen molar-refractivity contribution in [1.29, 1.82) is 0 Å². The van der Waals surface area contributed by atoms with Crippen molar-refractivity contribution in [1.82, 2.24) is 15.2 Å². The number of nitrogens with one attached hydrogen (secondary N) is 1. The molecule has 1 aromatic rings. The molecule has 3 heteroatoms. The summed E-state index contributed by atoms with van der Waals surface area (Å²) in [6.07, 6.45) is 3.21. The third-order valence-electron chi connectivity index (χ3n) is 4.15. The highest BCUT2D eigenvalue weighted by Crippen LogP contribution is 2.20. The molecule has 1 fully saturated rings. The molecule has 0 aromatic carbocycles. The van der Waals surface area contributed by atoms with Gasteiger partial charge in [0.25, 0.3) is 0 Å². The predicted molar refractivity (Wildman–Crippen MR) is 75.5 cm³/mol. The highest BCUT2D eigenvalue weighted by atomic mass is 15.2. The maximum atomic E-state index is 4.34. The lowest BCUT2D eigenvalue weighted by Crippen LogP contribution is -2.50. The summed E-state index contributed by atoms with van der Waals surface area (Å²) >= 11 is 0. The fraction of sp³-hybridized carbons (Fsp3) is 0.667. The van der Waals surface area contributed by atoms with Gasteiger partial charge in [0.15, 0.2) is 0 Å². The van der Waals surface area contributed by atoms with Gasteiger partial charge in [-0.25, -0.2) is 0 Å². The number of likely N-dealkylation sites (tertiary alicyclic amines) is 1. The zero-order valence-electron chi connectivity index (χ0n) is 12.0. The first-order valence-corrected chi connectivity index (χ1v) is 6.91. The summed E-state index contributed by atoms with van der Waals surface area (Å²) in [7, 11) is 2.22. The first kappa shape index (κ1) is 13.5. The van der Waals surface area contributed by atoms with Crippen molar-refractivity contribution in [3.63, 3.8) is 0 Å². The van der Waals surface area contributed by atoms with E-state index in [-0.39, 0.29) is 0 Å². The Morgan fingerprint density at radius 1 is 1.39 bits per heavy atom. The minimum absolute atomic E-state index is 0.623. The molecular formula is C15H25N3. The fourth-order valence-corrected chi connectivity index (χ4v) is 2.68. The average molecular weight is 247 g/mol. The largest absolute Gasteiger partial charge is 0.309 e. The number of aryl methyl sites for hydroxylation is 1. The molecule has 0 saturated carbocycles. The third kappa shape index (κ3) is 3.30. The zero-order valence-corrected chi connectivity index (χ0v) is 12.0. The van der Waals surface area contributed by atoms with E-state index < -0.39 is 0 Å². The highest BCUT2D eigenvalue weighted by molar-refractivity contribution is 5.13. The van der Waals surface area contributed by atoms with Gasteiger partial charge in [0.2, 0.25) is 0 Å². The highest BCUT2D eigenvalue weighted by Gasteiger charge is 2.28. The smallest absolute Gasteiger partial charge is 0.0372 e. The average Bonchev–Trinajstić information content (AvgIpc) is 2.34. The molecule has 3 atom stereocenters. The molecule has 1 aliphatic rings. The van der Waals surface area contributed by atoms with Crippen molar-refractivity contribution >= 4 is 0 Å². The number of rotatable bonds is 3. The van der Waals surface area contributed by atoms with Crippen LogP contribution in [0.15, 0.2) is 18.3 Å². The monoisotopic (exact) mass is 247 g/mol. The molecule has 0 amide bonds. The van der Waals surface area contributed by atoms with Gasteiger partial charge in [-0.2, -0.15) is 0 Å². The van der Waals surface area contributed by atoms with Crippen LogP contribution in [-0.2, 0) is 6.54 Å². The first-order valence-electron chi connectivity index (χ1n) is 6.91. The molecule has 1 aromatic heterocycles. The van der Waals surface area contributed by atoms with Gasteiger partial charge in [-0.1, -0.05) is 13.0 Å². The van der Waals surface area contributed by atoms with Crippen LogP contribution in [0, 0.1) is 12.8 Å². The summed E-state index contributed by atoms with van der Waals surface area (Å²) in [5.41, 5.74) is 2.36. The Morgan fingerprint density at radius 2 is 2.17 bits per heavy atom. The second-order valence-corrected chi connectivity index (χ2v) is 5.80. The normalized spacial score (nSPS) is 29.4. The van der Waals surface area contributed by atoms with Crippen molar-refractivity contribution in [2.24, 2.45) is 5.92 Å². The van der Waals surface area contributed by atoms with E-state index in [1.54, 1.807) is 0 Å². The van der Waals surface area contributed by atoms with Crippen molar-refractivity contribution in [3.05, 3.63) is 29.6 Å². The molecule has 2 heterocycles. The van der Waals surface area contributed by atoms with Gasteiger partial charge in [0.05, 0.1) is 0 Å². The molecule has 1 saturated heterocycles. The van der Waals surface area contributed by atoms with E-state index in [1.807, 2.05) is 13.1 Å². The fourth-order valence-electron chi connectivity index (χ4n) is 2.68. The summed E-state index contributed by atoms with van der Waals surface area (Å²) in [6, 6.07) is 5.54. The van der Waals surface area contributed by atoms with E-state index in [0.717, 1.165) is 12.2 Å². The third-order valence-corrected chi connectivity index (χ3v) is 4.15. The van der Waals surface area contributed by atoms with E-state index in [0.29, 0.717) is 18.0 Å². The van der Waals surface area contributed by atoms with Crippen LogP contribution in [-0.4, -0.2) is 35.6 Å². The molecule has 0 aliphatic carbocycles. The summed E-state index contributed by atoms with van der Waals surface area (Å²) < 4.78 is 0. The van der Waals surface area contributed by atoms with Crippen LogP contribution < -0.4 is 5.32 Å². The lowest BCUT2D eigenvalue weighted by molar-refractivity contribution is 0.121. The van der Waals surface area contributed by atoms with Crippen molar-refractivity contribution < 1.29 is 0 Å². The van der Waals surface area contributed by atoms with Crippen LogP contribution in [0.4, 0.5) is 0 Å². The van der Waals surface area contributed by atoms with Gasteiger partial charge in [-0.3, -0.25) is 4.98 Å². The quantitative estimate of drug-likeness (QED) is 0.887. The molecule has 1 N–H and O–H groups in total. The Labute approximate surface area is 111 Å². The summed E-state index contributed by atoms with van der Waals surface area (Å²) in [5.74, 6) is 0.713. The van der Waals surface area contributed by atoms with E-state index in [9.17, 15) is 0 Å². The molecule has 3 unspecified atom stereocenters. The molecular weight excluding hydrogens is 222 g/mol. The van der Waals surface area contributed by atoms with Crippen LogP contribution in [0.25, 0.3) is 0 Å². The Morgan fingerprint density at radius 3 is 2.83 bits per heavy atom. The van der Waals surface area contributed by atoms with Gasteiger partial charge < -0.3 is 10.2 Å². The van der Waals surface area contributed by atoms with Crippen molar-refractivity contribution in [2.45, 2.75) is 45.8 Å². The van der Waals surface area contributed by atoms with Crippen LogP contribution in [0.5, 0.6) is 0 Å². The number of hydrogen-bond acceptors (Lipinski definition) is 3. The number of hydrogen-bond donors (Lipinski definition) is 1. The van der Waals surface area contributed by atoms with Crippen LogP contribution in [0.2, 0.25) is 0 Å². The lowest BCUT2D eigenvalue weighted by atomic mass is 9.90. The van der Waals surface area contributed by atoms with Crippen molar-refractivity contribution in [3.8, 4) is 0 Å². The molecule has 0 radical (unpaired) electrons.